The van der Waals surface area contributed by atoms with E-state index in [4.69, 9.17) is 0 Å². The second-order valence-corrected chi connectivity index (χ2v) is 7.82. The molecule has 6 heteroatoms. The number of hydrogen-bond acceptors (Lipinski definition) is 3. The zero-order chi connectivity index (χ0) is 13.3. The molecule has 0 aliphatic carbocycles. The van der Waals surface area contributed by atoms with Crippen LogP contribution in [-0.4, -0.2) is 26.5 Å². The van der Waals surface area contributed by atoms with Gasteiger partial charge >= 0.3 is 0 Å². The van der Waals surface area contributed by atoms with Crippen LogP contribution in [0, 0.1) is 11.7 Å². The van der Waals surface area contributed by atoms with Gasteiger partial charge in [0, 0.05) is 6.04 Å². The van der Waals surface area contributed by atoms with Gasteiger partial charge in [0.2, 0.25) is 0 Å². The van der Waals surface area contributed by atoms with Gasteiger partial charge in [-0.1, -0.05) is 13.0 Å². The van der Waals surface area contributed by atoms with Gasteiger partial charge in [-0.25, -0.2) is 12.8 Å². The Labute approximate surface area is 115 Å². The minimum absolute atomic E-state index is 0.0649. The predicted molar refractivity (Wildman–Crippen MR) is 72.7 cm³/mol. The molecular weight excluding hydrogens is 321 g/mol. The molecule has 18 heavy (non-hydrogen) atoms. The number of rotatable bonds is 1. The van der Waals surface area contributed by atoms with Crippen molar-refractivity contribution in [3.05, 3.63) is 34.1 Å². The van der Waals surface area contributed by atoms with Crippen molar-refractivity contribution in [2.75, 3.05) is 18.1 Å². The van der Waals surface area contributed by atoms with Gasteiger partial charge in [0.15, 0.2) is 9.84 Å². The minimum atomic E-state index is -3.06. The Morgan fingerprint density at radius 1 is 1.39 bits per heavy atom. The van der Waals surface area contributed by atoms with Crippen molar-refractivity contribution in [2.24, 2.45) is 5.92 Å². The molecule has 1 aromatic carbocycles. The number of halogens is 2. The summed E-state index contributed by atoms with van der Waals surface area (Å²) >= 11 is 3.12. The maximum atomic E-state index is 13.2. The molecule has 0 bridgehead atoms. The summed E-state index contributed by atoms with van der Waals surface area (Å²) in [6, 6.07) is 4.35. The van der Waals surface area contributed by atoms with E-state index in [2.05, 4.69) is 21.2 Å². The van der Waals surface area contributed by atoms with Crippen molar-refractivity contribution >= 4 is 25.8 Å². The summed E-state index contributed by atoms with van der Waals surface area (Å²) in [7, 11) is -3.06. The van der Waals surface area contributed by atoms with Crippen molar-refractivity contribution in [3.63, 3.8) is 0 Å². The van der Waals surface area contributed by atoms with Crippen molar-refractivity contribution in [2.45, 2.75) is 13.0 Å². The molecule has 1 N–H and O–H groups in total. The third-order valence-electron chi connectivity index (χ3n) is 3.02. The maximum absolute atomic E-state index is 13.2. The van der Waals surface area contributed by atoms with E-state index in [9.17, 15) is 12.8 Å². The highest BCUT2D eigenvalue weighted by Crippen LogP contribution is 2.24. The van der Waals surface area contributed by atoms with Gasteiger partial charge in [-0.2, -0.15) is 0 Å². The molecule has 0 aromatic heterocycles. The third kappa shape index (κ3) is 3.30. The fraction of sp³-hybridized carbons (Fsp3) is 0.500. The van der Waals surface area contributed by atoms with Crippen LogP contribution in [0.1, 0.15) is 18.5 Å². The lowest BCUT2D eigenvalue weighted by Gasteiger charge is -2.16. The lowest BCUT2D eigenvalue weighted by Crippen LogP contribution is -2.26. The summed E-state index contributed by atoms with van der Waals surface area (Å²) in [6.45, 7) is 2.56. The van der Waals surface area contributed by atoms with E-state index < -0.39 is 9.84 Å². The van der Waals surface area contributed by atoms with Crippen molar-refractivity contribution in [3.8, 4) is 0 Å². The molecule has 100 valence electrons. The van der Waals surface area contributed by atoms with Gasteiger partial charge in [-0.15, -0.1) is 0 Å². The summed E-state index contributed by atoms with van der Waals surface area (Å²) in [6.07, 6.45) is 0. The van der Waals surface area contributed by atoms with Crippen molar-refractivity contribution < 1.29 is 12.8 Å². The van der Waals surface area contributed by atoms with Crippen LogP contribution in [0.4, 0.5) is 4.39 Å². The number of benzene rings is 1. The van der Waals surface area contributed by atoms with Gasteiger partial charge < -0.3 is 5.32 Å². The second kappa shape index (κ2) is 5.27. The molecular formula is C12H15BrFNO2S. The molecule has 1 heterocycles. The zero-order valence-electron chi connectivity index (χ0n) is 9.99. The van der Waals surface area contributed by atoms with E-state index in [0.717, 1.165) is 5.56 Å². The summed E-state index contributed by atoms with van der Waals surface area (Å²) in [5, 5.41) is 3.23. The average molecular weight is 336 g/mol. The Morgan fingerprint density at radius 3 is 2.78 bits per heavy atom. The predicted octanol–water partition coefficient (Wildman–Crippen LogP) is 2.28. The van der Waals surface area contributed by atoms with Gasteiger partial charge in [0.05, 0.1) is 16.0 Å². The topological polar surface area (TPSA) is 46.2 Å². The molecule has 3 nitrogen and oxygen atoms in total. The number of hydrogen-bond donors (Lipinski definition) is 1. The van der Waals surface area contributed by atoms with E-state index in [1.54, 1.807) is 12.1 Å². The fourth-order valence-corrected chi connectivity index (χ4v) is 4.50. The van der Waals surface area contributed by atoms with Crippen LogP contribution in [0.25, 0.3) is 0 Å². The molecule has 0 saturated carbocycles. The molecule has 1 fully saturated rings. The second-order valence-electron chi connectivity index (χ2n) is 4.82. The van der Waals surface area contributed by atoms with Crippen molar-refractivity contribution in [1.29, 1.82) is 0 Å². The van der Waals surface area contributed by atoms with Crippen LogP contribution in [0.5, 0.6) is 0 Å². The quantitative estimate of drug-likeness (QED) is 0.856. The highest BCUT2D eigenvalue weighted by atomic mass is 79.9. The minimum Gasteiger partial charge on any atom is -0.309 e. The van der Waals surface area contributed by atoms with E-state index >= 15 is 0 Å². The smallest absolute Gasteiger partial charge is 0.152 e. The molecule has 0 spiro atoms. The normalized spacial score (nSPS) is 27.7. The molecule has 2 unspecified atom stereocenters. The molecule has 1 aliphatic heterocycles. The van der Waals surface area contributed by atoms with Crippen LogP contribution >= 0.6 is 15.9 Å². The van der Waals surface area contributed by atoms with E-state index in [1.165, 1.54) is 6.07 Å². The Morgan fingerprint density at radius 2 is 2.11 bits per heavy atom. The fourth-order valence-electron chi connectivity index (χ4n) is 2.16. The third-order valence-corrected chi connectivity index (χ3v) is 5.54. The van der Waals surface area contributed by atoms with Crippen LogP contribution in [-0.2, 0) is 9.84 Å². The van der Waals surface area contributed by atoms with Crippen LogP contribution in [0.3, 0.4) is 0 Å². The number of nitrogens with one attached hydrogen (secondary N) is 1. The molecule has 2 rings (SSSR count). The number of sulfone groups is 1. The summed E-state index contributed by atoms with van der Waals surface area (Å²) in [5.74, 6) is 0.0290. The maximum Gasteiger partial charge on any atom is 0.152 e. The first-order valence-electron chi connectivity index (χ1n) is 5.76. The van der Waals surface area contributed by atoms with Gasteiger partial charge in [0.25, 0.3) is 0 Å². The lowest BCUT2D eigenvalue weighted by atomic mass is 10.1. The first-order chi connectivity index (χ1) is 8.37. The first-order valence-corrected chi connectivity index (χ1v) is 8.37. The summed E-state index contributed by atoms with van der Waals surface area (Å²) in [5.41, 5.74) is 0.793. The van der Waals surface area contributed by atoms with Gasteiger partial charge in [0.1, 0.15) is 5.82 Å². The molecule has 1 saturated heterocycles. The van der Waals surface area contributed by atoms with Gasteiger partial charge in [-0.05, 0) is 46.1 Å². The molecule has 1 aliphatic rings. The van der Waals surface area contributed by atoms with Crippen LogP contribution in [0.15, 0.2) is 22.7 Å². The zero-order valence-corrected chi connectivity index (χ0v) is 12.4. The lowest BCUT2D eigenvalue weighted by molar-refractivity contribution is 0.516. The largest absolute Gasteiger partial charge is 0.309 e. The van der Waals surface area contributed by atoms with E-state index in [-0.39, 0.29) is 29.3 Å². The van der Waals surface area contributed by atoms with Gasteiger partial charge in [-0.3, -0.25) is 0 Å². The molecule has 2 atom stereocenters. The SMILES string of the molecule is CC1CNC(c2ccc(F)c(Br)c2)CS(=O)(=O)C1. The highest BCUT2D eigenvalue weighted by Gasteiger charge is 2.27. The Hall–Kier alpha value is -0.460. The highest BCUT2D eigenvalue weighted by molar-refractivity contribution is 9.10. The van der Waals surface area contributed by atoms with Crippen molar-refractivity contribution in [1.82, 2.24) is 5.32 Å². The molecule has 0 amide bonds. The molecule has 1 aromatic rings. The van der Waals surface area contributed by atoms with Crippen LogP contribution < -0.4 is 5.32 Å². The summed E-state index contributed by atoms with van der Waals surface area (Å²) in [4.78, 5) is 0. The van der Waals surface area contributed by atoms with Crippen LogP contribution in [0.2, 0.25) is 0 Å². The Bertz CT molecular complexity index is 547. The average Bonchev–Trinajstić information content (AvgIpc) is 2.40. The Balaban J connectivity index is 2.29. The monoisotopic (exact) mass is 335 g/mol. The standard InChI is InChI=1S/C12H15BrFNO2S/c1-8-5-15-12(7-18(16,17)6-8)9-2-3-11(14)10(13)4-9/h2-4,8,12,15H,5-7H2,1H3. The summed E-state index contributed by atoms with van der Waals surface area (Å²) < 4.78 is 37.3. The first kappa shape index (κ1) is 14.0. The Kier molecular flexibility index (Phi) is 4.08. The van der Waals surface area contributed by atoms with E-state index in [1.807, 2.05) is 6.92 Å². The van der Waals surface area contributed by atoms with E-state index in [0.29, 0.717) is 11.0 Å². The molecule has 0 radical (unpaired) electrons.